The molecule has 1 atom stereocenters. The number of amides is 1. The first kappa shape index (κ1) is 16.2. The van der Waals surface area contributed by atoms with Crippen LogP contribution in [0.2, 0.25) is 0 Å². The summed E-state index contributed by atoms with van der Waals surface area (Å²) in [5, 5.41) is 7.18. The van der Waals surface area contributed by atoms with Gasteiger partial charge >= 0.3 is 0 Å². The number of hydrogen-bond donors (Lipinski definition) is 1. The second kappa shape index (κ2) is 7.27. The molecule has 1 saturated heterocycles. The molecule has 1 aromatic carbocycles. The molecule has 2 heterocycles. The normalized spacial score (nSPS) is 18.8. The second-order valence-electron chi connectivity index (χ2n) is 6.04. The third kappa shape index (κ3) is 4.20. The molecule has 1 aromatic heterocycles. The predicted molar refractivity (Wildman–Crippen MR) is 93.1 cm³/mol. The lowest BCUT2D eigenvalue weighted by molar-refractivity contribution is 0.0900. The molecule has 1 aliphatic heterocycles. The van der Waals surface area contributed by atoms with Crippen molar-refractivity contribution in [1.29, 1.82) is 0 Å². The third-order valence-corrected chi connectivity index (χ3v) is 4.93. The molecule has 23 heavy (non-hydrogen) atoms. The summed E-state index contributed by atoms with van der Waals surface area (Å²) in [4.78, 5) is 14.7. The van der Waals surface area contributed by atoms with E-state index in [4.69, 9.17) is 0 Å². The molecule has 1 amide bonds. The van der Waals surface area contributed by atoms with Gasteiger partial charge in [-0.25, -0.2) is 0 Å². The fourth-order valence-corrected chi connectivity index (χ4v) is 3.40. The highest BCUT2D eigenvalue weighted by molar-refractivity contribution is 9.10. The van der Waals surface area contributed by atoms with E-state index in [0.29, 0.717) is 5.56 Å². The molecule has 0 spiro atoms. The van der Waals surface area contributed by atoms with Crippen LogP contribution >= 0.6 is 15.9 Å². The summed E-state index contributed by atoms with van der Waals surface area (Å²) in [6.45, 7) is 2.86. The summed E-state index contributed by atoms with van der Waals surface area (Å²) < 4.78 is 2.79. The molecule has 1 aliphatic rings. The molecule has 0 saturated carbocycles. The fourth-order valence-electron chi connectivity index (χ4n) is 2.99. The summed E-state index contributed by atoms with van der Waals surface area (Å²) in [5.74, 6) is -0.0363. The molecule has 0 bridgehead atoms. The van der Waals surface area contributed by atoms with Crippen LogP contribution < -0.4 is 5.32 Å². The van der Waals surface area contributed by atoms with E-state index in [0.717, 1.165) is 36.9 Å². The van der Waals surface area contributed by atoms with E-state index >= 15 is 0 Å². The molecule has 5 nitrogen and oxygen atoms in total. The molecule has 3 rings (SSSR count). The van der Waals surface area contributed by atoms with Crippen LogP contribution in [0.15, 0.2) is 41.1 Å². The topological polar surface area (TPSA) is 50.2 Å². The SMILES string of the molecule is Cn1cc(C(=O)NC2CCCN(Cc3ccccc3Br)C2)cn1. The van der Waals surface area contributed by atoms with Crippen molar-refractivity contribution in [3.05, 3.63) is 52.3 Å². The van der Waals surface area contributed by atoms with Crippen molar-refractivity contribution >= 4 is 21.8 Å². The molecular weight excluding hydrogens is 356 g/mol. The number of hydrogen-bond acceptors (Lipinski definition) is 3. The molecule has 0 aliphatic carbocycles. The van der Waals surface area contributed by atoms with Crippen molar-refractivity contribution < 1.29 is 4.79 Å². The van der Waals surface area contributed by atoms with E-state index in [2.05, 4.69) is 49.4 Å². The minimum absolute atomic E-state index is 0.0363. The van der Waals surface area contributed by atoms with Crippen LogP contribution in [-0.4, -0.2) is 39.7 Å². The van der Waals surface area contributed by atoms with Gasteiger partial charge in [0.2, 0.25) is 0 Å². The van der Waals surface area contributed by atoms with Gasteiger partial charge in [-0.3, -0.25) is 14.4 Å². The van der Waals surface area contributed by atoms with Gasteiger partial charge in [0, 0.05) is 36.8 Å². The summed E-state index contributed by atoms with van der Waals surface area (Å²) in [5.41, 5.74) is 1.90. The van der Waals surface area contributed by atoms with Gasteiger partial charge < -0.3 is 5.32 Å². The number of aromatic nitrogens is 2. The van der Waals surface area contributed by atoms with Crippen molar-refractivity contribution in [2.45, 2.75) is 25.4 Å². The zero-order valence-corrected chi connectivity index (χ0v) is 14.8. The number of rotatable bonds is 4. The first-order chi connectivity index (χ1) is 11.1. The Hall–Kier alpha value is -1.66. The minimum atomic E-state index is -0.0363. The van der Waals surface area contributed by atoms with Crippen LogP contribution in [0.5, 0.6) is 0 Å². The Labute approximate surface area is 144 Å². The van der Waals surface area contributed by atoms with Gasteiger partial charge in [0.25, 0.3) is 5.91 Å². The smallest absolute Gasteiger partial charge is 0.254 e. The van der Waals surface area contributed by atoms with Gasteiger partial charge in [0.1, 0.15) is 0 Å². The average molecular weight is 377 g/mol. The summed E-state index contributed by atoms with van der Waals surface area (Å²) in [7, 11) is 1.82. The molecule has 1 N–H and O–H groups in total. The lowest BCUT2D eigenvalue weighted by Crippen LogP contribution is -2.47. The summed E-state index contributed by atoms with van der Waals surface area (Å²) in [6.07, 6.45) is 5.48. The molecular formula is C17H21BrN4O. The van der Waals surface area contributed by atoms with Gasteiger partial charge in [-0.2, -0.15) is 5.10 Å². The number of nitrogens with one attached hydrogen (secondary N) is 1. The lowest BCUT2D eigenvalue weighted by Gasteiger charge is -2.33. The van der Waals surface area contributed by atoms with Crippen molar-refractivity contribution in [3.63, 3.8) is 0 Å². The quantitative estimate of drug-likeness (QED) is 0.891. The number of carbonyl (C=O) groups excluding carboxylic acids is 1. The van der Waals surface area contributed by atoms with E-state index < -0.39 is 0 Å². The second-order valence-corrected chi connectivity index (χ2v) is 6.90. The molecule has 1 unspecified atom stereocenters. The van der Waals surface area contributed by atoms with Crippen LogP contribution in [-0.2, 0) is 13.6 Å². The molecule has 0 radical (unpaired) electrons. The molecule has 1 fully saturated rings. The average Bonchev–Trinajstić information content (AvgIpc) is 2.97. The maximum atomic E-state index is 12.3. The van der Waals surface area contributed by atoms with Crippen molar-refractivity contribution in [3.8, 4) is 0 Å². The van der Waals surface area contributed by atoms with Crippen LogP contribution in [0.1, 0.15) is 28.8 Å². The Kier molecular flexibility index (Phi) is 5.13. The molecule has 6 heteroatoms. The van der Waals surface area contributed by atoms with E-state index in [1.807, 2.05) is 13.1 Å². The number of nitrogens with zero attached hydrogens (tertiary/aromatic N) is 3. The van der Waals surface area contributed by atoms with E-state index in [-0.39, 0.29) is 11.9 Å². The van der Waals surface area contributed by atoms with Gasteiger partial charge in [-0.15, -0.1) is 0 Å². The zero-order chi connectivity index (χ0) is 16.2. The zero-order valence-electron chi connectivity index (χ0n) is 13.2. The van der Waals surface area contributed by atoms with Gasteiger partial charge in [0.05, 0.1) is 11.8 Å². The number of likely N-dealkylation sites (tertiary alicyclic amines) is 1. The highest BCUT2D eigenvalue weighted by atomic mass is 79.9. The van der Waals surface area contributed by atoms with Gasteiger partial charge in [-0.1, -0.05) is 34.1 Å². The Balaban J connectivity index is 1.58. The van der Waals surface area contributed by atoms with Gasteiger partial charge in [0.15, 0.2) is 0 Å². The standard InChI is InChI=1S/C17H21BrN4O/c1-21-10-14(9-19-21)17(23)20-15-6-4-8-22(12-15)11-13-5-2-3-7-16(13)18/h2-3,5,7,9-10,15H,4,6,8,11-12H2,1H3,(H,20,23). The molecule has 122 valence electrons. The van der Waals surface area contributed by atoms with Gasteiger partial charge in [-0.05, 0) is 31.0 Å². The highest BCUT2D eigenvalue weighted by Gasteiger charge is 2.22. The van der Waals surface area contributed by atoms with Crippen LogP contribution in [0.3, 0.4) is 0 Å². The number of carbonyl (C=O) groups is 1. The van der Waals surface area contributed by atoms with E-state index in [9.17, 15) is 4.79 Å². The van der Waals surface area contributed by atoms with Crippen molar-refractivity contribution in [2.24, 2.45) is 7.05 Å². The van der Waals surface area contributed by atoms with Crippen molar-refractivity contribution in [2.75, 3.05) is 13.1 Å². The summed E-state index contributed by atoms with van der Waals surface area (Å²) in [6, 6.07) is 8.49. The Morgan fingerprint density at radius 3 is 3.00 bits per heavy atom. The Bertz CT molecular complexity index is 685. The first-order valence-electron chi connectivity index (χ1n) is 7.87. The van der Waals surface area contributed by atoms with E-state index in [1.54, 1.807) is 17.1 Å². The van der Waals surface area contributed by atoms with E-state index in [1.165, 1.54) is 5.56 Å². The molecule has 2 aromatic rings. The third-order valence-electron chi connectivity index (χ3n) is 4.16. The maximum absolute atomic E-state index is 12.3. The number of halogens is 1. The minimum Gasteiger partial charge on any atom is -0.348 e. The van der Waals surface area contributed by atoms with Crippen molar-refractivity contribution in [1.82, 2.24) is 20.0 Å². The Morgan fingerprint density at radius 1 is 1.43 bits per heavy atom. The summed E-state index contributed by atoms with van der Waals surface area (Å²) >= 11 is 3.61. The predicted octanol–water partition coefficient (Wildman–Crippen LogP) is 2.58. The maximum Gasteiger partial charge on any atom is 0.254 e. The lowest BCUT2D eigenvalue weighted by atomic mass is 10.0. The monoisotopic (exact) mass is 376 g/mol. The van der Waals surface area contributed by atoms with Crippen LogP contribution in [0.25, 0.3) is 0 Å². The van der Waals surface area contributed by atoms with Crippen LogP contribution in [0.4, 0.5) is 0 Å². The first-order valence-corrected chi connectivity index (χ1v) is 8.66. The highest BCUT2D eigenvalue weighted by Crippen LogP contribution is 2.20. The largest absolute Gasteiger partial charge is 0.348 e. The number of benzene rings is 1. The number of aryl methyl sites for hydroxylation is 1. The fraction of sp³-hybridized carbons (Fsp3) is 0.412. The van der Waals surface area contributed by atoms with Crippen LogP contribution in [0, 0.1) is 0 Å². The number of piperidine rings is 1. The Morgan fingerprint density at radius 2 is 2.26 bits per heavy atom.